The fourth-order valence-corrected chi connectivity index (χ4v) is 5.66. The minimum atomic E-state index is -0.196. The smallest absolute Gasteiger partial charge is 0.236 e. The van der Waals surface area contributed by atoms with Crippen LogP contribution in [-0.4, -0.2) is 44.4 Å². The fraction of sp³-hybridized carbons (Fsp3) is 0.148. The van der Waals surface area contributed by atoms with Crippen LogP contribution >= 0.6 is 39.0 Å². The number of carbonyl (C=O) groups is 2. The molecule has 0 aliphatic rings. The molecule has 0 bridgehead atoms. The van der Waals surface area contributed by atoms with Crippen LogP contribution in [0.4, 0.5) is 5.13 Å². The van der Waals surface area contributed by atoms with E-state index in [1.54, 1.807) is 7.11 Å². The molecule has 0 spiro atoms. The lowest BCUT2D eigenvalue weighted by atomic mass is 10.1. The standard InChI is InChI=1S/C27H23BrN6O3S2/c1-37-20-12-6-17(7-13-20)14-24(35)29-15-23-32-33-27(34(23)19-10-8-18(28)9-11-19)38-16-25(36)31-26-30-21-4-2-3-5-22(21)39-26/h2-13H,14-16H2,1H3,(H,29,35)(H,30,31,36). The molecule has 9 nitrogen and oxygen atoms in total. The third kappa shape index (κ3) is 6.83. The number of hydrogen-bond donors (Lipinski definition) is 2. The molecular weight excluding hydrogens is 600 g/mol. The van der Waals surface area contributed by atoms with Crippen molar-refractivity contribution < 1.29 is 14.3 Å². The highest BCUT2D eigenvalue weighted by Crippen LogP contribution is 2.27. The Hall–Kier alpha value is -3.74. The van der Waals surface area contributed by atoms with Crippen LogP contribution in [0.5, 0.6) is 5.75 Å². The summed E-state index contributed by atoms with van der Waals surface area (Å²) in [5.74, 6) is 1.07. The Morgan fingerprint density at radius 1 is 1.00 bits per heavy atom. The minimum absolute atomic E-state index is 0.119. The molecule has 0 aliphatic heterocycles. The highest BCUT2D eigenvalue weighted by atomic mass is 79.9. The lowest BCUT2D eigenvalue weighted by Gasteiger charge is -2.11. The molecule has 2 heterocycles. The van der Waals surface area contributed by atoms with Gasteiger partial charge in [0.25, 0.3) is 0 Å². The number of thioether (sulfide) groups is 1. The van der Waals surface area contributed by atoms with E-state index in [1.165, 1.54) is 23.1 Å². The van der Waals surface area contributed by atoms with Gasteiger partial charge in [-0.3, -0.25) is 14.2 Å². The number of anilines is 1. The molecule has 2 amide bonds. The highest BCUT2D eigenvalue weighted by molar-refractivity contribution is 9.10. The second-order valence-corrected chi connectivity index (χ2v) is 11.2. The van der Waals surface area contributed by atoms with Gasteiger partial charge in [-0.1, -0.05) is 63.3 Å². The molecule has 5 aromatic rings. The monoisotopic (exact) mass is 622 g/mol. The van der Waals surface area contributed by atoms with Crippen LogP contribution in [0.25, 0.3) is 15.9 Å². The predicted molar refractivity (Wildman–Crippen MR) is 157 cm³/mol. The van der Waals surface area contributed by atoms with E-state index in [2.05, 4.69) is 41.7 Å². The number of nitrogens with one attached hydrogen (secondary N) is 2. The maximum absolute atomic E-state index is 12.7. The number of carbonyl (C=O) groups excluding carboxylic acids is 2. The first-order chi connectivity index (χ1) is 19.0. The molecule has 12 heteroatoms. The van der Waals surface area contributed by atoms with Crippen molar-refractivity contribution >= 4 is 66.2 Å². The van der Waals surface area contributed by atoms with E-state index in [-0.39, 0.29) is 30.5 Å². The van der Waals surface area contributed by atoms with Crippen molar-refractivity contribution in [2.75, 3.05) is 18.2 Å². The van der Waals surface area contributed by atoms with Gasteiger partial charge in [0.1, 0.15) is 5.75 Å². The van der Waals surface area contributed by atoms with E-state index in [4.69, 9.17) is 4.74 Å². The Labute approximate surface area is 241 Å². The van der Waals surface area contributed by atoms with E-state index >= 15 is 0 Å². The van der Waals surface area contributed by atoms with Crippen molar-refractivity contribution in [3.8, 4) is 11.4 Å². The molecule has 198 valence electrons. The number of hydrogen-bond acceptors (Lipinski definition) is 8. The summed E-state index contributed by atoms with van der Waals surface area (Å²) in [7, 11) is 1.60. The summed E-state index contributed by atoms with van der Waals surface area (Å²) in [6, 6.07) is 22.8. The van der Waals surface area contributed by atoms with Crippen LogP contribution in [0.2, 0.25) is 0 Å². The lowest BCUT2D eigenvalue weighted by Crippen LogP contribution is -2.26. The average Bonchev–Trinajstić information content (AvgIpc) is 3.55. The summed E-state index contributed by atoms with van der Waals surface area (Å²) in [5.41, 5.74) is 2.54. The van der Waals surface area contributed by atoms with Gasteiger partial charge in [0.2, 0.25) is 11.8 Å². The SMILES string of the molecule is COc1ccc(CC(=O)NCc2nnc(SCC(=O)Nc3nc4ccccc4s3)n2-c2ccc(Br)cc2)cc1. The number of ether oxygens (including phenoxy) is 1. The maximum atomic E-state index is 12.7. The van der Waals surface area contributed by atoms with Crippen LogP contribution in [0.1, 0.15) is 11.4 Å². The third-order valence-corrected chi connectivity index (χ3v) is 8.03. The van der Waals surface area contributed by atoms with Gasteiger partial charge in [-0.25, -0.2) is 4.98 Å². The van der Waals surface area contributed by atoms with Crippen LogP contribution in [0.15, 0.2) is 82.4 Å². The van der Waals surface area contributed by atoms with Crippen molar-refractivity contribution in [1.82, 2.24) is 25.1 Å². The third-order valence-electron chi connectivity index (χ3n) is 5.63. The molecule has 2 N–H and O–H groups in total. The largest absolute Gasteiger partial charge is 0.497 e. The average molecular weight is 624 g/mol. The Bertz CT molecular complexity index is 1570. The van der Waals surface area contributed by atoms with E-state index in [0.717, 1.165) is 31.7 Å². The molecule has 0 saturated heterocycles. The van der Waals surface area contributed by atoms with Gasteiger partial charge >= 0.3 is 0 Å². The van der Waals surface area contributed by atoms with Crippen molar-refractivity contribution in [2.45, 2.75) is 18.1 Å². The zero-order valence-corrected chi connectivity index (χ0v) is 24.0. The van der Waals surface area contributed by atoms with Crippen molar-refractivity contribution in [3.05, 3.63) is 88.7 Å². The first-order valence-electron chi connectivity index (χ1n) is 11.9. The number of nitrogens with zero attached hydrogens (tertiary/aromatic N) is 4. The second kappa shape index (κ2) is 12.4. The minimum Gasteiger partial charge on any atom is -0.497 e. The van der Waals surface area contributed by atoms with Crippen molar-refractivity contribution in [3.63, 3.8) is 0 Å². The summed E-state index contributed by atoms with van der Waals surface area (Å²) in [6.45, 7) is 0.177. The zero-order valence-electron chi connectivity index (χ0n) is 20.8. The van der Waals surface area contributed by atoms with Crippen molar-refractivity contribution in [2.24, 2.45) is 0 Å². The van der Waals surface area contributed by atoms with Gasteiger partial charge in [0.15, 0.2) is 16.1 Å². The number of benzene rings is 3. The summed E-state index contributed by atoms with van der Waals surface area (Å²) in [4.78, 5) is 29.8. The lowest BCUT2D eigenvalue weighted by molar-refractivity contribution is -0.120. The molecule has 2 aromatic heterocycles. The Balaban J connectivity index is 1.26. The van der Waals surface area contributed by atoms with Gasteiger partial charge < -0.3 is 15.4 Å². The van der Waals surface area contributed by atoms with Crippen LogP contribution in [-0.2, 0) is 22.6 Å². The number of amides is 2. The second-order valence-electron chi connectivity index (χ2n) is 8.34. The molecule has 0 radical (unpaired) electrons. The molecule has 0 fully saturated rings. The molecule has 3 aromatic carbocycles. The number of para-hydroxylation sites is 1. The molecule has 5 rings (SSSR count). The normalized spacial score (nSPS) is 10.9. The van der Waals surface area contributed by atoms with E-state index in [0.29, 0.717) is 16.1 Å². The van der Waals surface area contributed by atoms with Crippen LogP contribution in [0, 0.1) is 0 Å². The molecular formula is C27H23BrN6O3S2. The van der Waals surface area contributed by atoms with Crippen molar-refractivity contribution in [1.29, 1.82) is 0 Å². The summed E-state index contributed by atoms with van der Waals surface area (Å²) < 4.78 is 8.95. The van der Waals surface area contributed by atoms with Gasteiger partial charge in [-0.15, -0.1) is 10.2 Å². The van der Waals surface area contributed by atoms with Gasteiger partial charge in [-0.2, -0.15) is 0 Å². The summed E-state index contributed by atoms with van der Waals surface area (Å²) in [5, 5.41) is 15.5. The molecule has 39 heavy (non-hydrogen) atoms. The number of aromatic nitrogens is 4. The number of halogens is 1. The highest BCUT2D eigenvalue weighted by Gasteiger charge is 2.17. The first kappa shape index (κ1) is 26.9. The molecule has 0 unspecified atom stereocenters. The maximum Gasteiger partial charge on any atom is 0.236 e. The number of methoxy groups -OCH3 is 1. The van der Waals surface area contributed by atoms with E-state index in [9.17, 15) is 9.59 Å². The zero-order chi connectivity index (χ0) is 27.2. The predicted octanol–water partition coefficient (Wildman–Crippen LogP) is 5.24. The molecule has 0 atom stereocenters. The van der Waals surface area contributed by atoms with Gasteiger partial charge in [0.05, 0.1) is 36.0 Å². The Morgan fingerprint density at radius 3 is 2.51 bits per heavy atom. The first-order valence-corrected chi connectivity index (χ1v) is 14.5. The van der Waals surface area contributed by atoms with Gasteiger partial charge in [0, 0.05) is 10.2 Å². The van der Waals surface area contributed by atoms with E-state index in [1.807, 2.05) is 77.4 Å². The topological polar surface area (TPSA) is 111 Å². The van der Waals surface area contributed by atoms with Crippen LogP contribution < -0.4 is 15.4 Å². The number of fused-ring (bicyclic) bond motifs is 1. The number of thiazole rings is 1. The molecule has 0 aliphatic carbocycles. The fourth-order valence-electron chi connectivity index (χ4n) is 3.74. The van der Waals surface area contributed by atoms with Gasteiger partial charge in [-0.05, 0) is 54.1 Å². The Kier molecular flexibility index (Phi) is 8.54. The molecule has 0 saturated carbocycles. The quantitative estimate of drug-likeness (QED) is 0.205. The number of rotatable bonds is 10. The Morgan fingerprint density at radius 2 is 1.77 bits per heavy atom. The summed E-state index contributed by atoms with van der Waals surface area (Å²) in [6.07, 6.45) is 0.226. The van der Waals surface area contributed by atoms with Crippen LogP contribution in [0.3, 0.4) is 0 Å². The van der Waals surface area contributed by atoms with E-state index < -0.39 is 0 Å². The summed E-state index contributed by atoms with van der Waals surface area (Å²) >= 11 is 6.15.